The third-order valence-electron chi connectivity index (χ3n) is 8.49. The highest BCUT2D eigenvalue weighted by Gasteiger charge is 2.38. The molecular weight excluding hydrogens is 605 g/mol. The zero-order valence-electron chi connectivity index (χ0n) is 24.9. The number of aromatic nitrogens is 2. The number of ether oxygens (including phenoxy) is 4. The number of aliphatic imine (C=N–C) groups is 1. The van der Waals surface area contributed by atoms with E-state index in [0.29, 0.717) is 68.9 Å². The van der Waals surface area contributed by atoms with E-state index in [2.05, 4.69) is 15.2 Å². The molecule has 2 aliphatic heterocycles. The van der Waals surface area contributed by atoms with Crippen LogP contribution in [0.5, 0.6) is 17.2 Å². The number of hydrogen-bond donors (Lipinski definition) is 1. The van der Waals surface area contributed by atoms with Crippen LogP contribution in [0, 0.1) is 18.8 Å². The van der Waals surface area contributed by atoms with Crippen LogP contribution in [0.2, 0.25) is 10.0 Å². The van der Waals surface area contributed by atoms with Crippen molar-refractivity contribution in [3.05, 3.63) is 63.5 Å². The van der Waals surface area contributed by atoms with Crippen LogP contribution in [-0.2, 0) is 16.1 Å². The highest BCUT2D eigenvalue weighted by Crippen LogP contribution is 2.47. The molecule has 2 saturated heterocycles. The van der Waals surface area contributed by atoms with E-state index < -0.39 is 0 Å². The molecule has 2 aromatic heterocycles. The van der Waals surface area contributed by atoms with Crippen LogP contribution in [0.3, 0.4) is 0 Å². The van der Waals surface area contributed by atoms with Gasteiger partial charge in [0.1, 0.15) is 22.9 Å². The van der Waals surface area contributed by atoms with Gasteiger partial charge < -0.3 is 33.6 Å². The first-order valence-electron chi connectivity index (χ1n) is 14.2. The number of methoxy groups -OCH3 is 3. The molecule has 2 aromatic carbocycles. The number of hydrogen-bond acceptors (Lipinski definition) is 8. The van der Waals surface area contributed by atoms with Gasteiger partial charge in [-0.2, -0.15) is 0 Å². The van der Waals surface area contributed by atoms with Crippen LogP contribution in [0.25, 0.3) is 16.8 Å². The highest BCUT2D eigenvalue weighted by molar-refractivity contribution is 6.41. The van der Waals surface area contributed by atoms with E-state index in [1.54, 1.807) is 39.8 Å². The Morgan fingerprint density at radius 1 is 1.02 bits per heavy atom. The van der Waals surface area contributed by atoms with Gasteiger partial charge in [-0.25, -0.2) is 4.98 Å². The van der Waals surface area contributed by atoms with Crippen LogP contribution in [-0.4, -0.2) is 69.6 Å². The van der Waals surface area contributed by atoms with Gasteiger partial charge in [-0.1, -0.05) is 23.2 Å². The predicted molar refractivity (Wildman–Crippen MR) is 172 cm³/mol. The quantitative estimate of drug-likeness (QED) is 0.170. The van der Waals surface area contributed by atoms with Crippen LogP contribution < -0.4 is 24.4 Å². The Bertz CT molecular complexity index is 1720. The van der Waals surface area contributed by atoms with Crippen molar-refractivity contribution in [1.29, 1.82) is 0 Å². The molecule has 0 aliphatic carbocycles. The van der Waals surface area contributed by atoms with Crippen LogP contribution >= 0.6 is 23.2 Å². The minimum atomic E-state index is 0.321. The van der Waals surface area contributed by atoms with E-state index in [9.17, 15) is 4.79 Å². The van der Waals surface area contributed by atoms with Crippen molar-refractivity contribution in [2.75, 3.05) is 57.8 Å². The second kappa shape index (κ2) is 12.6. The van der Waals surface area contributed by atoms with Gasteiger partial charge in [-0.15, -0.1) is 0 Å². The van der Waals surface area contributed by atoms with Gasteiger partial charge in [0.05, 0.1) is 62.5 Å². The van der Waals surface area contributed by atoms with Crippen molar-refractivity contribution in [1.82, 2.24) is 9.38 Å². The summed E-state index contributed by atoms with van der Waals surface area (Å²) in [6, 6.07) is 7.54. The molecule has 2 atom stereocenters. The fourth-order valence-corrected chi connectivity index (χ4v) is 6.87. The first-order chi connectivity index (χ1) is 21.4. The largest absolute Gasteiger partial charge is 0.496 e. The smallest absolute Gasteiger partial charge is 0.211 e. The third kappa shape index (κ3) is 5.31. The average Bonchev–Trinajstić information content (AvgIpc) is 3.77. The zero-order chi connectivity index (χ0) is 31.0. The Morgan fingerprint density at radius 3 is 2.34 bits per heavy atom. The molecule has 0 spiro atoms. The standard InChI is InChI=1S/C32H33Cl2N5O5/c1-18-19(7-23(32-36-5-6-39(18)32)29-30(33)27(42-3)10-28(43-4)31(29)34)11-35-12-20-8-24(37-17-40)25(9-26(20)41-2)38-13-21-15-44-16-22(21)14-38/h5-11,17,21-22H,12-16H2,1-4H3,(H,37,40)/b35-11-. The summed E-state index contributed by atoms with van der Waals surface area (Å²) in [5.74, 6) is 2.57. The zero-order valence-corrected chi connectivity index (χ0v) is 26.4. The van der Waals surface area contributed by atoms with Crippen molar-refractivity contribution < 1.29 is 23.7 Å². The number of benzene rings is 2. The lowest BCUT2D eigenvalue weighted by Gasteiger charge is -2.24. The topological polar surface area (TPSA) is 98.9 Å². The third-order valence-corrected chi connectivity index (χ3v) is 9.24. The SMILES string of the molecule is COc1cc(N2CC3COCC3C2)c(NC=O)cc1C/N=C\c1cc(-c2c(Cl)c(OC)cc(OC)c2Cl)c2nccn2c1C. The maximum atomic E-state index is 11.5. The lowest BCUT2D eigenvalue weighted by Crippen LogP contribution is -2.23. The van der Waals surface area contributed by atoms with Crippen molar-refractivity contribution >= 4 is 52.8 Å². The molecule has 10 nitrogen and oxygen atoms in total. The molecule has 2 unspecified atom stereocenters. The van der Waals surface area contributed by atoms with Crippen molar-refractivity contribution in [2.45, 2.75) is 13.5 Å². The van der Waals surface area contributed by atoms with Crippen molar-refractivity contribution in [3.8, 4) is 28.4 Å². The summed E-state index contributed by atoms with van der Waals surface area (Å²) >= 11 is 13.6. The summed E-state index contributed by atoms with van der Waals surface area (Å²) in [4.78, 5) is 23.2. The van der Waals surface area contributed by atoms with Crippen LogP contribution in [0.15, 0.2) is 41.7 Å². The van der Waals surface area contributed by atoms with E-state index in [4.69, 9.17) is 47.1 Å². The molecule has 6 rings (SSSR count). The van der Waals surface area contributed by atoms with Gasteiger partial charge in [0, 0.05) is 83.6 Å². The summed E-state index contributed by atoms with van der Waals surface area (Å²) in [5, 5.41) is 3.59. The minimum absolute atomic E-state index is 0.321. The lowest BCUT2D eigenvalue weighted by molar-refractivity contribution is -0.105. The summed E-state index contributed by atoms with van der Waals surface area (Å²) in [7, 11) is 4.72. The molecule has 44 heavy (non-hydrogen) atoms. The van der Waals surface area contributed by atoms with Gasteiger partial charge in [-0.05, 0) is 19.1 Å². The monoisotopic (exact) mass is 637 g/mol. The molecular formula is C32H33Cl2N5O5. The molecule has 2 fully saturated rings. The van der Waals surface area contributed by atoms with Crippen molar-refractivity contribution in [3.63, 3.8) is 0 Å². The number of aryl methyl sites for hydroxylation is 1. The number of rotatable bonds is 10. The summed E-state index contributed by atoms with van der Waals surface area (Å²) in [6.45, 7) is 5.62. The molecule has 1 N–H and O–H groups in total. The molecule has 2 aliphatic rings. The Morgan fingerprint density at radius 2 is 1.70 bits per heavy atom. The van der Waals surface area contributed by atoms with Gasteiger partial charge in [0.2, 0.25) is 6.41 Å². The molecule has 4 heterocycles. The number of fused-ring (bicyclic) bond motifs is 2. The van der Waals surface area contributed by atoms with Gasteiger partial charge in [0.15, 0.2) is 0 Å². The molecule has 0 bridgehead atoms. The Balaban J connectivity index is 1.36. The van der Waals surface area contributed by atoms with E-state index in [1.165, 1.54) is 0 Å². The summed E-state index contributed by atoms with van der Waals surface area (Å²) in [5.41, 5.74) is 6.20. The average molecular weight is 639 g/mol. The molecule has 230 valence electrons. The second-order valence-corrected chi connectivity index (χ2v) is 11.6. The molecule has 1 amide bonds. The van der Waals surface area contributed by atoms with Crippen molar-refractivity contribution in [2.24, 2.45) is 16.8 Å². The fourth-order valence-electron chi connectivity index (χ4n) is 6.17. The van der Waals surface area contributed by atoms with E-state index in [1.807, 2.05) is 35.7 Å². The Labute approximate surface area is 265 Å². The number of pyridine rings is 1. The maximum Gasteiger partial charge on any atom is 0.211 e. The number of imidazole rings is 1. The molecule has 0 radical (unpaired) electrons. The summed E-state index contributed by atoms with van der Waals surface area (Å²) in [6.07, 6.45) is 6.11. The maximum absolute atomic E-state index is 11.5. The molecule has 12 heteroatoms. The van der Waals surface area contributed by atoms with Crippen LogP contribution in [0.1, 0.15) is 16.8 Å². The number of anilines is 2. The summed E-state index contributed by atoms with van der Waals surface area (Å²) < 4.78 is 24.4. The van der Waals surface area contributed by atoms with Gasteiger partial charge >= 0.3 is 0 Å². The number of carbonyl (C=O) groups is 1. The normalized spacial score (nSPS) is 17.8. The van der Waals surface area contributed by atoms with Gasteiger partial charge in [-0.3, -0.25) is 9.79 Å². The number of carbonyl (C=O) groups excluding carboxylic acids is 1. The first kappa shape index (κ1) is 30.1. The first-order valence-corrected chi connectivity index (χ1v) is 14.9. The Kier molecular flexibility index (Phi) is 8.57. The highest BCUT2D eigenvalue weighted by atomic mass is 35.5. The number of nitrogens with one attached hydrogen (secondary N) is 1. The second-order valence-electron chi connectivity index (χ2n) is 10.9. The number of amides is 1. The number of nitrogens with zero attached hydrogens (tertiary/aromatic N) is 4. The van der Waals surface area contributed by atoms with E-state index in [-0.39, 0.29) is 0 Å². The molecule has 4 aromatic rings. The fraction of sp³-hybridized carbons (Fsp3) is 0.344. The Hall–Kier alpha value is -3.99. The minimum Gasteiger partial charge on any atom is -0.496 e. The van der Waals surface area contributed by atoms with Gasteiger partial charge in [0.25, 0.3) is 0 Å². The van der Waals surface area contributed by atoms with Crippen LogP contribution in [0.4, 0.5) is 11.4 Å². The lowest BCUT2D eigenvalue weighted by atomic mass is 10.0. The molecule has 0 saturated carbocycles. The van der Waals surface area contributed by atoms with E-state index >= 15 is 0 Å². The van der Waals surface area contributed by atoms with E-state index in [0.717, 1.165) is 54.5 Å². The predicted octanol–water partition coefficient (Wildman–Crippen LogP) is 5.91. The number of halogens is 2.